The van der Waals surface area contributed by atoms with Crippen molar-refractivity contribution in [3.05, 3.63) is 99.5 Å². The van der Waals surface area contributed by atoms with Crippen LogP contribution in [0.4, 0.5) is 0 Å². The van der Waals surface area contributed by atoms with Crippen molar-refractivity contribution in [2.24, 2.45) is 5.92 Å². The zero-order valence-corrected chi connectivity index (χ0v) is 26.5. The fraction of sp³-hybridized carbons (Fsp3) is 0.472. The summed E-state index contributed by atoms with van der Waals surface area (Å²) in [5, 5.41) is 1.16. The van der Waals surface area contributed by atoms with Gasteiger partial charge in [-0.1, -0.05) is 71.7 Å². The van der Waals surface area contributed by atoms with Gasteiger partial charge < -0.3 is 14.5 Å². The van der Waals surface area contributed by atoms with Crippen LogP contribution in [-0.4, -0.2) is 54.5 Å². The summed E-state index contributed by atoms with van der Waals surface area (Å²) in [6.45, 7) is 8.81. The molecule has 2 aliphatic heterocycles. The van der Waals surface area contributed by atoms with E-state index in [2.05, 4.69) is 46.2 Å². The van der Waals surface area contributed by atoms with Crippen molar-refractivity contribution in [1.29, 1.82) is 0 Å². The van der Waals surface area contributed by atoms with Gasteiger partial charge in [0.25, 0.3) is 0 Å². The first-order valence-corrected chi connectivity index (χ1v) is 16.3. The van der Waals surface area contributed by atoms with Gasteiger partial charge in [0.2, 0.25) is 5.91 Å². The summed E-state index contributed by atoms with van der Waals surface area (Å²) in [6.07, 6.45) is 7.12. The lowest BCUT2D eigenvalue weighted by molar-refractivity contribution is -0.132. The number of nitrogens with zero attached hydrogens (tertiary/aromatic N) is 2. The number of benzene rings is 3. The number of carbonyl (C=O) groups is 1. The van der Waals surface area contributed by atoms with Crippen molar-refractivity contribution in [3.8, 4) is 5.75 Å². The van der Waals surface area contributed by atoms with Crippen molar-refractivity contribution >= 4 is 29.1 Å². The molecule has 2 heterocycles. The molecule has 0 saturated carbocycles. The van der Waals surface area contributed by atoms with E-state index in [9.17, 15) is 4.79 Å². The fourth-order valence-corrected chi connectivity index (χ4v) is 7.07. The van der Waals surface area contributed by atoms with Gasteiger partial charge in [0.15, 0.2) is 0 Å². The summed E-state index contributed by atoms with van der Waals surface area (Å²) in [5.41, 5.74) is 3.48. The van der Waals surface area contributed by atoms with Crippen molar-refractivity contribution in [2.75, 3.05) is 32.7 Å². The Hall–Kier alpha value is -2.53. The number of ether oxygens (including phenoxy) is 1. The number of halogens is 2. The molecule has 2 saturated heterocycles. The monoisotopic (exact) mass is 606 g/mol. The predicted octanol–water partition coefficient (Wildman–Crippen LogP) is 8.23. The predicted molar refractivity (Wildman–Crippen MR) is 174 cm³/mol. The van der Waals surface area contributed by atoms with E-state index in [1.54, 1.807) is 0 Å². The second-order valence-electron chi connectivity index (χ2n) is 12.5. The maximum Gasteiger partial charge on any atom is 0.227 e. The van der Waals surface area contributed by atoms with Gasteiger partial charge in [-0.3, -0.25) is 4.79 Å². The second kappa shape index (κ2) is 14.3. The lowest BCUT2D eigenvalue weighted by Crippen LogP contribution is -2.50. The Morgan fingerprint density at radius 2 is 1.69 bits per heavy atom. The molecule has 0 radical (unpaired) electrons. The molecule has 224 valence electrons. The molecule has 2 fully saturated rings. The van der Waals surface area contributed by atoms with Crippen LogP contribution in [0.25, 0.3) is 0 Å². The Bertz CT molecular complexity index is 1320. The van der Waals surface area contributed by atoms with Crippen LogP contribution >= 0.6 is 23.2 Å². The van der Waals surface area contributed by atoms with E-state index in [0.29, 0.717) is 23.0 Å². The molecule has 5 rings (SSSR count). The first-order chi connectivity index (χ1) is 20.3. The summed E-state index contributed by atoms with van der Waals surface area (Å²) >= 11 is 12.9. The minimum Gasteiger partial charge on any atom is -0.491 e. The summed E-state index contributed by atoms with van der Waals surface area (Å²) < 4.78 is 5.87. The van der Waals surface area contributed by atoms with Gasteiger partial charge in [-0.2, -0.15) is 0 Å². The standard InChI is InChI=1S/C36H44Cl2N2O2/c1-27(2)42-32-11-6-10-30(23-32)24-35(41)40-18-7-16-36(26-40,31-12-13-33(37)34(38)25-31)17-21-39-19-14-29(15-20-39)22-28-8-4-3-5-9-28/h3-6,8-13,23,25,27,29H,7,14-22,24,26H2,1-2H3. The number of hydrogen-bond acceptors (Lipinski definition) is 3. The summed E-state index contributed by atoms with van der Waals surface area (Å²) in [4.78, 5) is 18.4. The largest absolute Gasteiger partial charge is 0.491 e. The van der Waals surface area contributed by atoms with Crippen LogP contribution in [-0.2, 0) is 23.1 Å². The highest BCUT2D eigenvalue weighted by Crippen LogP contribution is 2.40. The third-order valence-electron chi connectivity index (χ3n) is 9.07. The smallest absolute Gasteiger partial charge is 0.227 e. The lowest BCUT2D eigenvalue weighted by Gasteiger charge is -2.45. The van der Waals surface area contributed by atoms with Gasteiger partial charge in [-0.25, -0.2) is 0 Å². The highest BCUT2D eigenvalue weighted by atomic mass is 35.5. The Kier molecular flexibility index (Phi) is 10.5. The quantitative estimate of drug-likeness (QED) is 0.233. The molecule has 4 nitrogen and oxygen atoms in total. The normalized spacial score (nSPS) is 20.2. The average Bonchev–Trinajstić information content (AvgIpc) is 2.99. The zero-order valence-electron chi connectivity index (χ0n) is 25.0. The number of likely N-dealkylation sites (tertiary alicyclic amines) is 2. The van der Waals surface area contributed by atoms with Crippen LogP contribution in [0.2, 0.25) is 10.0 Å². The Balaban J connectivity index is 1.26. The van der Waals surface area contributed by atoms with Gasteiger partial charge in [0.05, 0.1) is 22.6 Å². The molecule has 42 heavy (non-hydrogen) atoms. The molecule has 3 aromatic rings. The number of carbonyl (C=O) groups excluding carboxylic acids is 1. The highest BCUT2D eigenvalue weighted by Gasteiger charge is 2.39. The minimum absolute atomic E-state index is 0.0968. The van der Waals surface area contributed by atoms with Gasteiger partial charge in [-0.15, -0.1) is 0 Å². The van der Waals surface area contributed by atoms with Crippen LogP contribution in [0.3, 0.4) is 0 Å². The molecular weight excluding hydrogens is 563 g/mol. The van der Waals surface area contributed by atoms with E-state index >= 15 is 0 Å². The van der Waals surface area contributed by atoms with Crippen molar-refractivity contribution in [2.45, 2.75) is 70.3 Å². The van der Waals surface area contributed by atoms with Gasteiger partial charge in [0, 0.05) is 18.5 Å². The van der Waals surface area contributed by atoms with E-state index in [1.807, 2.05) is 50.2 Å². The molecule has 0 N–H and O–H groups in total. The number of hydrogen-bond donors (Lipinski definition) is 0. The third-order valence-corrected chi connectivity index (χ3v) is 9.81. The number of rotatable bonds is 10. The SMILES string of the molecule is CC(C)Oc1cccc(CC(=O)N2CCCC(CCN3CCC(Cc4ccccc4)CC3)(c3ccc(Cl)c(Cl)c3)C2)c1. The molecule has 0 bridgehead atoms. The summed E-state index contributed by atoms with van der Waals surface area (Å²) in [7, 11) is 0. The lowest BCUT2D eigenvalue weighted by atomic mass is 9.71. The van der Waals surface area contributed by atoms with Crippen molar-refractivity contribution in [1.82, 2.24) is 9.80 Å². The Morgan fingerprint density at radius 3 is 2.43 bits per heavy atom. The van der Waals surface area contributed by atoms with E-state index in [-0.39, 0.29) is 17.4 Å². The minimum atomic E-state index is -0.147. The van der Waals surface area contributed by atoms with E-state index < -0.39 is 0 Å². The van der Waals surface area contributed by atoms with Gasteiger partial charge in [0.1, 0.15) is 5.75 Å². The first-order valence-electron chi connectivity index (χ1n) is 15.5. The molecular formula is C36H44Cl2N2O2. The maximum absolute atomic E-state index is 13.7. The molecule has 1 unspecified atom stereocenters. The van der Waals surface area contributed by atoms with E-state index in [1.165, 1.54) is 30.4 Å². The third kappa shape index (κ3) is 8.09. The Morgan fingerprint density at radius 1 is 0.929 bits per heavy atom. The van der Waals surface area contributed by atoms with Gasteiger partial charge >= 0.3 is 0 Å². The van der Waals surface area contributed by atoms with Crippen molar-refractivity contribution < 1.29 is 9.53 Å². The molecule has 0 aliphatic carbocycles. The van der Waals surface area contributed by atoms with Crippen LogP contribution in [0.15, 0.2) is 72.8 Å². The van der Waals surface area contributed by atoms with Crippen LogP contribution < -0.4 is 4.74 Å². The molecule has 3 aromatic carbocycles. The average molecular weight is 608 g/mol. The topological polar surface area (TPSA) is 32.8 Å². The maximum atomic E-state index is 13.7. The molecule has 6 heteroatoms. The molecule has 1 amide bonds. The van der Waals surface area contributed by atoms with E-state index in [4.69, 9.17) is 27.9 Å². The van der Waals surface area contributed by atoms with Crippen LogP contribution in [0.1, 0.15) is 62.6 Å². The molecule has 1 atom stereocenters. The molecule has 0 spiro atoms. The summed E-state index contributed by atoms with van der Waals surface area (Å²) in [5.74, 6) is 1.73. The highest BCUT2D eigenvalue weighted by molar-refractivity contribution is 6.42. The number of amides is 1. The molecule has 2 aliphatic rings. The summed E-state index contributed by atoms with van der Waals surface area (Å²) in [6, 6.07) is 24.9. The molecule has 0 aromatic heterocycles. The van der Waals surface area contributed by atoms with Crippen LogP contribution in [0.5, 0.6) is 5.75 Å². The van der Waals surface area contributed by atoms with Crippen molar-refractivity contribution in [3.63, 3.8) is 0 Å². The van der Waals surface area contributed by atoms with Gasteiger partial charge in [-0.05, 0) is 119 Å². The first kappa shape index (κ1) is 30.9. The Labute approximate surface area is 262 Å². The number of piperidine rings is 2. The second-order valence-corrected chi connectivity index (χ2v) is 13.4. The zero-order chi connectivity index (χ0) is 29.5. The van der Waals surface area contributed by atoms with Crippen LogP contribution in [0, 0.1) is 5.92 Å². The van der Waals surface area contributed by atoms with E-state index in [0.717, 1.165) is 62.7 Å². The fourth-order valence-electron chi connectivity index (χ4n) is 6.78.